The number of anilines is 1. The van der Waals surface area contributed by atoms with E-state index in [9.17, 15) is 26.4 Å². The number of hydrogen-bond donors (Lipinski definition) is 0. The number of carbonyl (C=O) groups excluding carboxylic acids is 1. The predicted molar refractivity (Wildman–Crippen MR) is 76.7 cm³/mol. The van der Waals surface area contributed by atoms with Gasteiger partial charge in [-0.2, -0.15) is 13.2 Å². The molecule has 1 saturated heterocycles. The molecule has 0 unspecified atom stereocenters. The summed E-state index contributed by atoms with van der Waals surface area (Å²) >= 11 is 5.53. The number of amides is 1. The average Bonchev–Trinajstić information content (AvgIpc) is 2.78. The van der Waals surface area contributed by atoms with Gasteiger partial charge >= 0.3 is 6.18 Å². The van der Waals surface area contributed by atoms with Crippen LogP contribution < -0.4 is 4.90 Å². The maximum Gasteiger partial charge on any atom is 0.416 e. The summed E-state index contributed by atoms with van der Waals surface area (Å²) < 4.78 is 60.8. The maximum absolute atomic E-state index is 12.6. The molecule has 0 saturated carbocycles. The number of alkyl halides is 4. The normalized spacial score (nSPS) is 20.8. The van der Waals surface area contributed by atoms with Gasteiger partial charge in [-0.3, -0.25) is 4.79 Å². The number of sulfone groups is 1. The number of halogens is 4. The SMILES string of the molecule is O=C(CCl)N(c1ccc(C(F)(F)F)cc1)[C@H]1CCS(=O)(=O)C1. The van der Waals surface area contributed by atoms with Gasteiger partial charge in [0.2, 0.25) is 5.91 Å². The van der Waals surface area contributed by atoms with Gasteiger partial charge in [0, 0.05) is 5.69 Å². The van der Waals surface area contributed by atoms with Crippen LogP contribution in [-0.2, 0) is 20.8 Å². The van der Waals surface area contributed by atoms with Crippen LogP contribution >= 0.6 is 11.6 Å². The molecule has 0 aliphatic carbocycles. The monoisotopic (exact) mass is 355 g/mol. The Kier molecular flexibility index (Phi) is 4.72. The molecule has 0 aromatic heterocycles. The van der Waals surface area contributed by atoms with Crippen LogP contribution in [0, 0.1) is 0 Å². The van der Waals surface area contributed by atoms with E-state index in [0.29, 0.717) is 0 Å². The van der Waals surface area contributed by atoms with Gasteiger partial charge in [-0.05, 0) is 30.7 Å². The minimum absolute atomic E-state index is 0.0512. The lowest BCUT2D eigenvalue weighted by molar-refractivity contribution is -0.137. The van der Waals surface area contributed by atoms with Crippen molar-refractivity contribution >= 4 is 33.0 Å². The highest BCUT2D eigenvalue weighted by Gasteiger charge is 2.36. The molecule has 4 nitrogen and oxygen atoms in total. The molecular formula is C13H13ClF3NO3S. The van der Waals surface area contributed by atoms with Gasteiger partial charge in [-0.25, -0.2) is 8.42 Å². The van der Waals surface area contributed by atoms with Crippen molar-refractivity contribution in [3.63, 3.8) is 0 Å². The van der Waals surface area contributed by atoms with Gasteiger partial charge in [0.25, 0.3) is 0 Å². The molecule has 1 aliphatic heterocycles. The van der Waals surface area contributed by atoms with E-state index in [2.05, 4.69) is 0 Å². The molecular weight excluding hydrogens is 343 g/mol. The molecule has 0 radical (unpaired) electrons. The summed E-state index contributed by atoms with van der Waals surface area (Å²) in [6.07, 6.45) is -4.23. The fourth-order valence-corrected chi connectivity index (χ4v) is 4.24. The minimum atomic E-state index is -4.48. The Labute approximate surface area is 130 Å². The minimum Gasteiger partial charge on any atom is -0.307 e. The molecule has 0 spiro atoms. The molecule has 9 heteroatoms. The van der Waals surface area contributed by atoms with E-state index in [1.54, 1.807) is 0 Å². The third-order valence-corrected chi connectivity index (χ3v) is 5.41. The molecule has 22 heavy (non-hydrogen) atoms. The van der Waals surface area contributed by atoms with E-state index in [-0.39, 0.29) is 29.5 Å². The number of carbonyl (C=O) groups is 1. The zero-order valence-corrected chi connectivity index (χ0v) is 12.9. The van der Waals surface area contributed by atoms with Crippen molar-refractivity contribution in [2.45, 2.75) is 18.6 Å². The van der Waals surface area contributed by atoms with Crippen molar-refractivity contribution < 1.29 is 26.4 Å². The predicted octanol–water partition coefficient (Wildman–Crippen LogP) is 2.46. The summed E-state index contributed by atoms with van der Waals surface area (Å²) in [6, 6.07) is 3.41. The number of benzene rings is 1. The third kappa shape index (κ3) is 3.73. The van der Waals surface area contributed by atoms with Gasteiger partial charge in [-0.15, -0.1) is 11.6 Å². The first-order valence-electron chi connectivity index (χ1n) is 6.40. The van der Waals surface area contributed by atoms with E-state index in [4.69, 9.17) is 11.6 Å². The van der Waals surface area contributed by atoms with E-state index in [1.807, 2.05) is 0 Å². The number of hydrogen-bond acceptors (Lipinski definition) is 3. The second-order valence-corrected chi connectivity index (χ2v) is 7.49. The molecule has 0 N–H and O–H groups in total. The summed E-state index contributed by atoms with van der Waals surface area (Å²) in [6.45, 7) is 0. The topological polar surface area (TPSA) is 54.5 Å². The van der Waals surface area contributed by atoms with Crippen LogP contribution in [0.4, 0.5) is 18.9 Å². The number of nitrogens with zero attached hydrogens (tertiary/aromatic N) is 1. The van der Waals surface area contributed by atoms with Gasteiger partial charge in [-0.1, -0.05) is 0 Å². The van der Waals surface area contributed by atoms with Crippen molar-refractivity contribution in [1.29, 1.82) is 0 Å². The highest BCUT2D eigenvalue weighted by molar-refractivity contribution is 7.91. The zero-order chi connectivity index (χ0) is 16.5. The molecule has 1 heterocycles. The lowest BCUT2D eigenvalue weighted by atomic mass is 10.1. The smallest absolute Gasteiger partial charge is 0.307 e. The van der Waals surface area contributed by atoms with Crippen molar-refractivity contribution in [2.24, 2.45) is 0 Å². The van der Waals surface area contributed by atoms with E-state index in [1.165, 1.54) is 4.90 Å². The zero-order valence-electron chi connectivity index (χ0n) is 11.3. The Bertz CT molecular complexity index is 658. The van der Waals surface area contributed by atoms with Crippen LogP contribution in [0.25, 0.3) is 0 Å². The molecule has 1 atom stereocenters. The molecule has 1 aliphatic rings. The molecule has 1 aromatic carbocycles. The van der Waals surface area contributed by atoms with Gasteiger partial charge in [0.15, 0.2) is 9.84 Å². The maximum atomic E-state index is 12.6. The quantitative estimate of drug-likeness (QED) is 0.783. The van der Waals surface area contributed by atoms with Gasteiger partial charge in [0.05, 0.1) is 23.1 Å². The standard InChI is InChI=1S/C13H13ClF3NO3S/c14-7-12(19)18(11-5-6-22(20,21)8-11)10-3-1-9(2-4-10)13(15,16)17/h1-4,11H,5-8H2/t11-/m0/s1. The first-order chi connectivity index (χ1) is 10.1. The largest absolute Gasteiger partial charge is 0.416 e. The molecule has 0 bridgehead atoms. The van der Waals surface area contributed by atoms with Gasteiger partial charge in [0.1, 0.15) is 5.88 Å². The first kappa shape index (κ1) is 17.1. The van der Waals surface area contributed by atoms with E-state index >= 15 is 0 Å². The summed E-state index contributed by atoms with van der Waals surface area (Å²) in [4.78, 5) is 13.1. The second-order valence-electron chi connectivity index (χ2n) is 5.00. The van der Waals surface area contributed by atoms with Crippen molar-refractivity contribution in [2.75, 3.05) is 22.3 Å². The van der Waals surface area contributed by atoms with Gasteiger partial charge < -0.3 is 4.90 Å². The Hall–Kier alpha value is -1.28. The summed E-state index contributed by atoms with van der Waals surface area (Å²) in [5.41, 5.74) is -0.630. The van der Waals surface area contributed by atoms with Crippen molar-refractivity contribution in [3.8, 4) is 0 Å². The van der Waals surface area contributed by atoms with Crippen LogP contribution in [0.5, 0.6) is 0 Å². The molecule has 1 amide bonds. The van der Waals surface area contributed by atoms with E-state index < -0.39 is 33.5 Å². The lowest BCUT2D eigenvalue weighted by Crippen LogP contribution is -2.42. The van der Waals surface area contributed by atoms with Crippen LogP contribution in [0.3, 0.4) is 0 Å². The van der Waals surface area contributed by atoms with Crippen LogP contribution in [-0.4, -0.2) is 37.8 Å². The van der Waals surface area contributed by atoms with Crippen LogP contribution in [0.2, 0.25) is 0 Å². The van der Waals surface area contributed by atoms with Crippen molar-refractivity contribution in [1.82, 2.24) is 0 Å². The lowest BCUT2D eigenvalue weighted by Gasteiger charge is -2.28. The third-order valence-electron chi connectivity index (χ3n) is 3.43. The first-order valence-corrected chi connectivity index (χ1v) is 8.75. The highest BCUT2D eigenvalue weighted by Crippen LogP contribution is 2.32. The Morgan fingerprint density at radius 3 is 2.27 bits per heavy atom. The molecule has 2 rings (SSSR count). The summed E-state index contributed by atoms with van der Waals surface area (Å²) in [5, 5.41) is 0. The molecule has 1 aromatic rings. The highest BCUT2D eigenvalue weighted by atomic mass is 35.5. The van der Waals surface area contributed by atoms with Crippen LogP contribution in [0.15, 0.2) is 24.3 Å². The molecule has 1 fully saturated rings. The summed E-state index contributed by atoms with van der Waals surface area (Å²) in [7, 11) is -3.24. The Balaban J connectivity index is 2.32. The van der Waals surface area contributed by atoms with E-state index in [0.717, 1.165) is 24.3 Å². The van der Waals surface area contributed by atoms with Crippen molar-refractivity contribution in [3.05, 3.63) is 29.8 Å². The number of rotatable bonds is 3. The Morgan fingerprint density at radius 2 is 1.86 bits per heavy atom. The van der Waals surface area contributed by atoms with Crippen LogP contribution in [0.1, 0.15) is 12.0 Å². The fraction of sp³-hybridized carbons (Fsp3) is 0.462. The average molecular weight is 356 g/mol. The Morgan fingerprint density at radius 1 is 1.27 bits per heavy atom. The fourth-order valence-electron chi connectivity index (χ4n) is 2.41. The second kappa shape index (κ2) is 6.08. The summed E-state index contributed by atoms with van der Waals surface area (Å²) in [5.74, 6) is -1.18. The molecule has 122 valence electrons.